The van der Waals surface area contributed by atoms with Crippen LogP contribution in [0.3, 0.4) is 0 Å². The van der Waals surface area contributed by atoms with Crippen LogP contribution in [-0.2, 0) is 5.41 Å². The standard InChI is InChI=1S/C67H54N2/c1-3-16-42(17-4-1)50-25-13-18-44-19-14-27-55(64(44)50)54-23-8-11-29-59(54)68(49-36-37-53-52-22-7-10-28-57(52)67(58(53)41-49)62-39-45-38-46-40-63(67)66(45,46)62)48-34-32-43(33-35-48)51-26-15-31-61-65(51)56-24-9-12-30-60(56)69(61)47-20-5-2-6-21-47/h2,5-15,18-37,41-42,45-46,62-63H,1,3-4,16-17,38-40H2. The minimum absolute atomic E-state index is 0.131. The van der Waals surface area contributed by atoms with Crippen molar-refractivity contribution in [2.45, 2.75) is 62.7 Å². The summed E-state index contributed by atoms with van der Waals surface area (Å²) < 4.78 is 2.43. The lowest BCUT2D eigenvalue weighted by Crippen LogP contribution is -2.88. The number of nitrogens with zero attached hydrogens (tertiary/aromatic N) is 2. The summed E-state index contributed by atoms with van der Waals surface area (Å²) in [5.41, 5.74) is 20.8. The van der Waals surface area contributed by atoms with Crippen molar-refractivity contribution in [1.82, 2.24) is 4.57 Å². The summed E-state index contributed by atoms with van der Waals surface area (Å²) in [5.74, 6) is 4.08. The van der Waals surface area contributed by atoms with Gasteiger partial charge in [-0.1, -0.05) is 165 Å². The Morgan fingerprint density at radius 1 is 0.449 bits per heavy atom. The van der Waals surface area contributed by atoms with E-state index in [9.17, 15) is 0 Å². The Balaban J connectivity index is 0.894. The number of rotatable bonds is 7. The van der Waals surface area contributed by atoms with Gasteiger partial charge in [0.2, 0.25) is 0 Å². The molecule has 0 aliphatic heterocycles. The molecule has 1 aromatic heterocycles. The van der Waals surface area contributed by atoms with Gasteiger partial charge in [0.15, 0.2) is 0 Å². The van der Waals surface area contributed by atoms with Crippen LogP contribution in [0, 0.1) is 29.1 Å². The van der Waals surface area contributed by atoms with Gasteiger partial charge in [0.1, 0.15) is 0 Å². The molecule has 2 nitrogen and oxygen atoms in total. The molecule has 2 spiro atoms. The van der Waals surface area contributed by atoms with Gasteiger partial charge in [-0.15, -0.1) is 0 Å². The molecule has 0 N–H and O–H groups in total. The molecule has 5 fully saturated rings. The lowest BCUT2D eigenvalue weighted by molar-refractivity contribution is -0.412. The highest BCUT2D eigenvalue weighted by molar-refractivity contribution is 6.16. The monoisotopic (exact) mass is 886 g/mol. The molecule has 2 heteroatoms. The van der Waals surface area contributed by atoms with Gasteiger partial charge < -0.3 is 9.47 Å². The van der Waals surface area contributed by atoms with Crippen molar-refractivity contribution in [3.05, 3.63) is 217 Å². The van der Waals surface area contributed by atoms with Crippen LogP contribution < -0.4 is 4.90 Å². The van der Waals surface area contributed by atoms with Crippen molar-refractivity contribution in [3.63, 3.8) is 0 Å². The third-order valence-corrected chi connectivity index (χ3v) is 19.3. The molecule has 0 amide bonds. The van der Waals surface area contributed by atoms with E-state index in [0.717, 1.165) is 23.7 Å². The fourth-order valence-corrected chi connectivity index (χ4v) is 16.7. The van der Waals surface area contributed by atoms with Crippen LogP contribution in [0.4, 0.5) is 17.1 Å². The topological polar surface area (TPSA) is 8.17 Å². The molecule has 5 saturated carbocycles. The second-order valence-corrected chi connectivity index (χ2v) is 21.7. The van der Waals surface area contributed by atoms with Crippen LogP contribution in [0.25, 0.3) is 71.6 Å². The highest BCUT2D eigenvalue weighted by atomic mass is 15.1. The quantitative estimate of drug-likeness (QED) is 0.155. The first-order valence-electron chi connectivity index (χ1n) is 26.1. The van der Waals surface area contributed by atoms with E-state index in [1.165, 1.54) is 146 Å². The fourth-order valence-electron chi connectivity index (χ4n) is 16.7. The molecular weight excluding hydrogens is 833 g/mol. The highest BCUT2D eigenvalue weighted by Crippen LogP contribution is 2.95. The predicted octanol–water partition coefficient (Wildman–Crippen LogP) is 17.7. The van der Waals surface area contributed by atoms with E-state index in [-0.39, 0.29) is 5.41 Å². The zero-order chi connectivity index (χ0) is 45.0. The van der Waals surface area contributed by atoms with Crippen LogP contribution in [0.5, 0.6) is 0 Å². The first-order valence-corrected chi connectivity index (χ1v) is 26.1. The lowest BCUT2D eigenvalue weighted by Gasteiger charge is -2.92. The van der Waals surface area contributed by atoms with Gasteiger partial charge in [0.05, 0.1) is 16.7 Å². The summed E-state index contributed by atoms with van der Waals surface area (Å²) in [7, 11) is 0. The van der Waals surface area contributed by atoms with Crippen LogP contribution in [0.2, 0.25) is 0 Å². The van der Waals surface area contributed by atoms with E-state index in [1.54, 1.807) is 11.1 Å². The summed E-state index contributed by atoms with van der Waals surface area (Å²) in [5, 5.41) is 5.34. The van der Waals surface area contributed by atoms with E-state index >= 15 is 0 Å². The second-order valence-electron chi connectivity index (χ2n) is 21.7. The van der Waals surface area contributed by atoms with Gasteiger partial charge >= 0.3 is 0 Å². The van der Waals surface area contributed by atoms with Crippen LogP contribution in [0.15, 0.2) is 200 Å². The third kappa shape index (κ3) is 4.92. The fraction of sp³-hybridized carbons (Fsp3) is 0.224. The van der Waals surface area contributed by atoms with Gasteiger partial charge in [0, 0.05) is 38.8 Å². The molecule has 4 unspecified atom stereocenters. The predicted molar refractivity (Wildman–Crippen MR) is 286 cm³/mol. The molecule has 6 aliphatic carbocycles. The van der Waals surface area contributed by atoms with Gasteiger partial charge in [-0.05, 0) is 177 Å². The van der Waals surface area contributed by atoms with Crippen molar-refractivity contribution in [2.24, 2.45) is 29.1 Å². The van der Waals surface area contributed by atoms with Gasteiger partial charge in [-0.2, -0.15) is 0 Å². The van der Waals surface area contributed by atoms with E-state index in [0.29, 0.717) is 11.3 Å². The van der Waals surface area contributed by atoms with Crippen molar-refractivity contribution in [1.29, 1.82) is 0 Å². The Morgan fingerprint density at radius 2 is 1.10 bits per heavy atom. The Bertz CT molecular complexity index is 3710. The molecule has 0 radical (unpaired) electrons. The first-order chi connectivity index (χ1) is 34.2. The van der Waals surface area contributed by atoms with E-state index in [4.69, 9.17) is 0 Å². The Labute approximate surface area is 404 Å². The smallest absolute Gasteiger partial charge is 0.0547 e. The van der Waals surface area contributed by atoms with Crippen molar-refractivity contribution in [2.75, 3.05) is 4.90 Å². The molecular formula is C67H54N2. The molecule has 0 saturated heterocycles. The number of para-hydroxylation sites is 3. The summed E-state index contributed by atoms with van der Waals surface area (Å²) in [4.78, 5) is 2.62. The molecule has 332 valence electrons. The number of fused-ring (bicyclic) bond motifs is 11. The SMILES string of the molecule is c1ccc(-n2c3ccccc3c3c(-c4ccc(N(c5ccc6c(c5)C5(c7ccccc7-6)C6CC7CC8CC5C786)c5ccccc5-c5cccc6cccc(C7CCCCC7)c56)cc4)cccc32)cc1. The number of aromatic nitrogens is 1. The number of anilines is 3. The highest BCUT2D eigenvalue weighted by Gasteiger charge is 2.90. The van der Waals surface area contributed by atoms with Crippen LogP contribution in [-0.4, -0.2) is 4.57 Å². The lowest BCUT2D eigenvalue weighted by atomic mass is 9.11. The Morgan fingerprint density at radius 3 is 1.93 bits per heavy atom. The van der Waals surface area contributed by atoms with E-state index in [1.807, 2.05) is 0 Å². The number of hydrogen-bond acceptors (Lipinski definition) is 1. The summed E-state index contributed by atoms with van der Waals surface area (Å²) in [6.45, 7) is 0. The molecule has 16 rings (SSSR count). The molecule has 9 aromatic carbocycles. The normalized spacial score (nSPS) is 24.7. The molecule has 0 bridgehead atoms. The average Bonchev–Trinajstić information content (AvgIpc) is 3.90. The summed E-state index contributed by atoms with van der Waals surface area (Å²) >= 11 is 0. The third-order valence-electron chi connectivity index (χ3n) is 19.3. The van der Waals surface area contributed by atoms with Crippen molar-refractivity contribution < 1.29 is 0 Å². The maximum Gasteiger partial charge on any atom is 0.0547 e. The van der Waals surface area contributed by atoms with Crippen LogP contribution in [0.1, 0.15) is 74.0 Å². The Kier molecular flexibility index (Phi) is 7.98. The van der Waals surface area contributed by atoms with Gasteiger partial charge in [-0.3, -0.25) is 0 Å². The first kappa shape index (κ1) is 38.8. The van der Waals surface area contributed by atoms with Crippen LogP contribution >= 0.6 is 0 Å². The molecule has 6 aliphatic rings. The number of benzene rings is 9. The molecule has 10 aromatic rings. The maximum atomic E-state index is 2.67. The minimum atomic E-state index is 0.131. The zero-order valence-electron chi connectivity index (χ0n) is 39.0. The minimum Gasteiger partial charge on any atom is -0.310 e. The number of hydrogen-bond donors (Lipinski definition) is 0. The summed E-state index contributed by atoms with van der Waals surface area (Å²) in [6, 6.07) is 76.7. The molecule has 69 heavy (non-hydrogen) atoms. The van der Waals surface area contributed by atoms with Crippen molar-refractivity contribution in [3.8, 4) is 39.1 Å². The van der Waals surface area contributed by atoms with Crippen molar-refractivity contribution >= 4 is 49.6 Å². The zero-order valence-corrected chi connectivity index (χ0v) is 39.0. The second kappa shape index (κ2) is 14.2. The van der Waals surface area contributed by atoms with E-state index in [2.05, 4.69) is 210 Å². The van der Waals surface area contributed by atoms with Gasteiger partial charge in [0.25, 0.3) is 0 Å². The Hall–Kier alpha value is -7.16. The largest absolute Gasteiger partial charge is 0.310 e. The van der Waals surface area contributed by atoms with Gasteiger partial charge in [-0.25, -0.2) is 0 Å². The maximum absolute atomic E-state index is 2.67. The molecule has 4 atom stereocenters. The molecule has 1 heterocycles. The van der Waals surface area contributed by atoms with E-state index < -0.39 is 0 Å². The average molecular weight is 887 g/mol. The summed E-state index contributed by atoms with van der Waals surface area (Å²) in [6.07, 6.45) is 10.8.